The molecule has 4 nitrogen and oxygen atoms in total. The Hall–Kier alpha value is -2.62. The monoisotopic (exact) mass is 267 g/mol. The van der Waals surface area contributed by atoms with Crippen LogP contribution in [-0.4, -0.2) is 12.2 Å². The first-order valence-corrected chi connectivity index (χ1v) is 6.52. The van der Waals surface area contributed by atoms with E-state index in [9.17, 15) is 4.79 Å². The largest absolute Gasteiger partial charge is 0.339 e. The van der Waals surface area contributed by atoms with Crippen molar-refractivity contribution in [2.24, 2.45) is 5.10 Å². The Morgan fingerprint density at radius 1 is 1.00 bits per heavy atom. The molecule has 2 aromatic rings. The number of hydrazone groups is 1. The molecule has 0 fully saturated rings. The lowest BCUT2D eigenvalue weighted by molar-refractivity contribution is 0.252. The Labute approximate surface area is 118 Å². The maximum absolute atomic E-state index is 11.5. The fourth-order valence-electron chi connectivity index (χ4n) is 1.73. The molecule has 0 aromatic heterocycles. The predicted molar refractivity (Wildman–Crippen MR) is 81.9 cm³/mol. The maximum atomic E-state index is 11.5. The smallest absolute Gasteiger partial charge is 0.307 e. The molecule has 0 atom stereocenters. The van der Waals surface area contributed by atoms with E-state index in [4.69, 9.17) is 0 Å². The highest BCUT2D eigenvalue weighted by Crippen LogP contribution is 2.04. The number of anilines is 1. The first-order chi connectivity index (χ1) is 9.84. The van der Waals surface area contributed by atoms with Gasteiger partial charge in [-0.15, -0.1) is 0 Å². The number of para-hydroxylation sites is 1. The van der Waals surface area contributed by atoms with Gasteiger partial charge in [0.15, 0.2) is 0 Å². The van der Waals surface area contributed by atoms with Crippen LogP contribution in [0.15, 0.2) is 65.8 Å². The third kappa shape index (κ3) is 4.94. The number of rotatable bonds is 5. The van der Waals surface area contributed by atoms with Crippen LogP contribution >= 0.6 is 0 Å². The van der Waals surface area contributed by atoms with Gasteiger partial charge in [-0.25, -0.2) is 10.2 Å². The average Bonchev–Trinajstić information content (AvgIpc) is 2.49. The van der Waals surface area contributed by atoms with Crippen LogP contribution in [0.3, 0.4) is 0 Å². The maximum Gasteiger partial charge on any atom is 0.339 e. The summed E-state index contributed by atoms with van der Waals surface area (Å²) in [7, 11) is 0. The van der Waals surface area contributed by atoms with Crippen LogP contribution in [0.1, 0.15) is 12.0 Å². The lowest BCUT2D eigenvalue weighted by Crippen LogP contribution is -2.24. The molecule has 0 spiro atoms. The summed E-state index contributed by atoms with van der Waals surface area (Å²) in [6.45, 7) is 0. The van der Waals surface area contributed by atoms with Gasteiger partial charge >= 0.3 is 6.03 Å². The number of carbonyl (C=O) groups is 1. The SMILES string of the molecule is O=C(N/N=C\CCc1ccccc1)Nc1ccccc1. The molecule has 0 saturated carbocycles. The third-order valence-corrected chi connectivity index (χ3v) is 2.69. The zero-order chi connectivity index (χ0) is 14.0. The van der Waals surface area contributed by atoms with Crippen LogP contribution in [0.2, 0.25) is 0 Å². The molecule has 2 N–H and O–H groups in total. The van der Waals surface area contributed by atoms with Gasteiger partial charge in [-0.1, -0.05) is 48.5 Å². The molecular formula is C16H17N3O. The number of nitrogens with zero attached hydrogens (tertiary/aromatic N) is 1. The highest BCUT2D eigenvalue weighted by molar-refractivity contribution is 5.89. The quantitative estimate of drug-likeness (QED) is 0.633. The summed E-state index contributed by atoms with van der Waals surface area (Å²) in [6, 6.07) is 19.1. The number of hydrogen-bond acceptors (Lipinski definition) is 2. The highest BCUT2D eigenvalue weighted by Gasteiger charge is 1.97. The van der Waals surface area contributed by atoms with E-state index in [0.717, 1.165) is 18.5 Å². The van der Waals surface area contributed by atoms with Crippen molar-refractivity contribution in [3.05, 3.63) is 66.2 Å². The van der Waals surface area contributed by atoms with Crippen molar-refractivity contribution in [3.8, 4) is 0 Å². The second kappa shape index (κ2) is 7.74. The molecule has 20 heavy (non-hydrogen) atoms. The van der Waals surface area contributed by atoms with Crippen LogP contribution < -0.4 is 10.7 Å². The number of nitrogens with one attached hydrogen (secondary N) is 2. The molecule has 2 amide bonds. The van der Waals surface area contributed by atoms with E-state index >= 15 is 0 Å². The van der Waals surface area contributed by atoms with E-state index in [1.165, 1.54) is 5.56 Å². The third-order valence-electron chi connectivity index (χ3n) is 2.69. The summed E-state index contributed by atoms with van der Waals surface area (Å²) in [4.78, 5) is 11.5. The van der Waals surface area contributed by atoms with E-state index in [1.54, 1.807) is 6.21 Å². The van der Waals surface area contributed by atoms with Crippen molar-refractivity contribution in [2.45, 2.75) is 12.8 Å². The number of aryl methyl sites for hydroxylation is 1. The van der Waals surface area contributed by atoms with Gasteiger partial charge in [0, 0.05) is 11.9 Å². The highest BCUT2D eigenvalue weighted by atomic mass is 16.2. The molecule has 0 bridgehead atoms. The summed E-state index contributed by atoms with van der Waals surface area (Å²) in [6.07, 6.45) is 3.40. The number of amides is 2. The summed E-state index contributed by atoms with van der Waals surface area (Å²) in [5.74, 6) is 0. The van der Waals surface area contributed by atoms with Crippen molar-refractivity contribution in [1.29, 1.82) is 0 Å². The Bertz CT molecular complexity index is 552. The first kappa shape index (κ1) is 13.8. The van der Waals surface area contributed by atoms with Crippen molar-refractivity contribution in [1.82, 2.24) is 5.43 Å². The minimum Gasteiger partial charge on any atom is -0.307 e. The molecule has 0 radical (unpaired) electrons. The van der Waals surface area contributed by atoms with Crippen LogP contribution in [0.4, 0.5) is 10.5 Å². The zero-order valence-corrected chi connectivity index (χ0v) is 11.1. The van der Waals surface area contributed by atoms with Crippen molar-refractivity contribution in [3.63, 3.8) is 0 Å². The lowest BCUT2D eigenvalue weighted by atomic mass is 10.1. The average molecular weight is 267 g/mol. The fraction of sp³-hybridized carbons (Fsp3) is 0.125. The molecule has 0 aliphatic carbocycles. The van der Waals surface area contributed by atoms with Gasteiger partial charge in [0.2, 0.25) is 0 Å². The van der Waals surface area contributed by atoms with Gasteiger partial charge in [-0.3, -0.25) is 0 Å². The Morgan fingerprint density at radius 2 is 1.65 bits per heavy atom. The number of carbonyl (C=O) groups excluding carboxylic acids is 1. The van der Waals surface area contributed by atoms with Crippen LogP contribution in [0.5, 0.6) is 0 Å². The van der Waals surface area contributed by atoms with E-state index in [1.807, 2.05) is 48.5 Å². The second-order valence-electron chi connectivity index (χ2n) is 4.27. The first-order valence-electron chi connectivity index (χ1n) is 6.52. The van der Waals surface area contributed by atoms with Gasteiger partial charge in [-0.2, -0.15) is 5.10 Å². The summed E-state index contributed by atoms with van der Waals surface area (Å²) in [5.41, 5.74) is 4.43. The molecule has 4 heteroatoms. The van der Waals surface area contributed by atoms with E-state index in [0.29, 0.717) is 0 Å². The van der Waals surface area contributed by atoms with E-state index < -0.39 is 0 Å². The summed E-state index contributed by atoms with van der Waals surface area (Å²) in [5, 5.41) is 6.58. The van der Waals surface area contributed by atoms with E-state index in [-0.39, 0.29) is 6.03 Å². The van der Waals surface area contributed by atoms with Gasteiger partial charge in [0.25, 0.3) is 0 Å². The molecule has 0 aliphatic heterocycles. The normalized spacial score (nSPS) is 10.4. The number of benzene rings is 2. The standard InChI is InChI=1S/C16H17N3O/c20-16(18-15-11-5-2-6-12-15)19-17-13-7-10-14-8-3-1-4-9-14/h1-6,8-9,11-13H,7,10H2,(H2,18,19,20)/b17-13-. The van der Waals surface area contributed by atoms with Crippen molar-refractivity contribution < 1.29 is 4.79 Å². The molecule has 0 unspecified atom stereocenters. The lowest BCUT2D eigenvalue weighted by Gasteiger charge is -2.03. The molecule has 0 heterocycles. The summed E-state index contributed by atoms with van der Waals surface area (Å²) < 4.78 is 0. The minimum atomic E-state index is -0.341. The Balaban J connectivity index is 1.67. The summed E-state index contributed by atoms with van der Waals surface area (Å²) >= 11 is 0. The zero-order valence-electron chi connectivity index (χ0n) is 11.1. The van der Waals surface area contributed by atoms with Crippen molar-refractivity contribution >= 4 is 17.9 Å². The number of urea groups is 1. The molecular weight excluding hydrogens is 250 g/mol. The molecule has 2 aromatic carbocycles. The molecule has 0 saturated heterocycles. The van der Waals surface area contributed by atoms with Crippen LogP contribution in [-0.2, 0) is 6.42 Å². The number of hydrogen-bond donors (Lipinski definition) is 2. The van der Waals surface area contributed by atoms with Gasteiger partial charge in [0.05, 0.1) is 0 Å². The van der Waals surface area contributed by atoms with Crippen LogP contribution in [0.25, 0.3) is 0 Å². The van der Waals surface area contributed by atoms with Gasteiger partial charge in [0.1, 0.15) is 0 Å². The molecule has 0 aliphatic rings. The van der Waals surface area contributed by atoms with Gasteiger partial charge < -0.3 is 5.32 Å². The second-order valence-corrected chi connectivity index (χ2v) is 4.27. The minimum absolute atomic E-state index is 0.341. The Morgan fingerprint density at radius 3 is 2.35 bits per heavy atom. The molecule has 102 valence electrons. The van der Waals surface area contributed by atoms with Crippen molar-refractivity contribution in [2.75, 3.05) is 5.32 Å². The van der Waals surface area contributed by atoms with E-state index in [2.05, 4.69) is 28.0 Å². The van der Waals surface area contributed by atoms with Crippen LogP contribution in [0, 0.1) is 0 Å². The topological polar surface area (TPSA) is 53.5 Å². The Kier molecular flexibility index (Phi) is 5.34. The predicted octanol–water partition coefficient (Wildman–Crippen LogP) is 3.43. The fourth-order valence-corrected chi connectivity index (χ4v) is 1.73. The van der Waals surface area contributed by atoms with Gasteiger partial charge in [-0.05, 0) is 30.5 Å². The molecule has 2 rings (SSSR count).